The number of nitrogens with one attached hydrogen (secondary N) is 2. The zero-order valence-electron chi connectivity index (χ0n) is 14.4. The average molecular weight is 395 g/mol. The first-order valence-electron chi connectivity index (χ1n) is 8.45. The second kappa shape index (κ2) is 8.01. The van der Waals surface area contributed by atoms with Gasteiger partial charge in [0, 0.05) is 24.8 Å². The van der Waals surface area contributed by atoms with Crippen molar-refractivity contribution in [3.63, 3.8) is 0 Å². The third-order valence-electron chi connectivity index (χ3n) is 4.22. The van der Waals surface area contributed by atoms with Crippen LogP contribution in [0.1, 0.15) is 12.8 Å². The van der Waals surface area contributed by atoms with Crippen LogP contribution in [0.25, 0.3) is 0 Å². The van der Waals surface area contributed by atoms with Gasteiger partial charge in [-0.15, -0.1) is 0 Å². The van der Waals surface area contributed by atoms with Crippen LogP contribution in [-0.2, 0) is 14.8 Å². The van der Waals surface area contributed by atoms with Crippen LogP contribution in [0.5, 0.6) is 0 Å². The summed E-state index contributed by atoms with van der Waals surface area (Å²) >= 11 is 0. The van der Waals surface area contributed by atoms with E-state index < -0.39 is 27.6 Å². The highest BCUT2D eigenvalue weighted by Gasteiger charge is 2.26. The first-order chi connectivity index (χ1) is 12.9. The molecule has 1 amide bonds. The Morgan fingerprint density at radius 2 is 1.70 bits per heavy atom. The van der Waals surface area contributed by atoms with Gasteiger partial charge in [0.2, 0.25) is 15.9 Å². The molecule has 0 spiro atoms. The van der Waals surface area contributed by atoms with Crippen molar-refractivity contribution in [3.05, 3.63) is 54.1 Å². The Bertz CT molecular complexity index is 927. The van der Waals surface area contributed by atoms with Crippen LogP contribution in [0.3, 0.4) is 0 Å². The summed E-state index contributed by atoms with van der Waals surface area (Å²) in [6.45, 7) is 0.903. The minimum atomic E-state index is -3.48. The van der Waals surface area contributed by atoms with Crippen molar-refractivity contribution in [2.24, 2.45) is 0 Å². The number of benzene rings is 2. The highest BCUT2D eigenvalue weighted by atomic mass is 32.2. The largest absolute Gasteiger partial charge is 0.376 e. The van der Waals surface area contributed by atoms with Crippen LogP contribution in [0.15, 0.2) is 47.4 Å². The lowest BCUT2D eigenvalue weighted by molar-refractivity contribution is -0.114. The topological polar surface area (TPSA) is 78.5 Å². The molecule has 1 aliphatic heterocycles. The van der Waals surface area contributed by atoms with Crippen molar-refractivity contribution in [1.29, 1.82) is 0 Å². The predicted molar refractivity (Wildman–Crippen MR) is 97.9 cm³/mol. The Morgan fingerprint density at radius 3 is 2.33 bits per heavy atom. The SMILES string of the molecule is O=C(CNc1ccc(S(=O)(=O)N2CCCC2)cc1)Nc1ccc(F)cc1F. The molecule has 2 N–H and O–H groups in total. The van der Waals surface area contributed by atoms with Crippen LogP contribution in [0.2, 0.25) is 0 Å². The van der Waals surface area contributed by atoms with Crippen molar-refractivity contribution in [3.8, 4) is 0 Å². The fourth-order valence-corrected chi connectivity index (χ4v) is 4.31. The second-order valence-corrected chi connectivity index (χ2v) is 8.10. The Kier molecular flexibility index (Phi) is 5.71. The lowest BCUT2D eigenvalue weighted by Gasteiger charge is -2.15. The molecule has 0 aliphatic carbocycles. The number of carbonyl (C=O) groups is 1. The summed E-state index contributed by atoms with van der Waals surface area (Å²) in [5, 5.41) is 5.16. The minimum absolute atomic E-state index is 0.116. The minimum Gasteiger partial charge on any atom is -0.376 e. The molecule has 0 saturated carbocycles. The van der Waals surface area contributed by atoms with Crippen LogP contribution in [0, 0.1) is 11.6 Å². The number of nitrogens with zero attached hydrogens (tertiary/aromatic N) is 1. The maximum absolute atomic E-state index is 13.5. The van der Waals surface area contributed by atoms with E-state index in [1.165, 1.54) is 16.4 Å². The number of amides is 1. The number of hydrogen-bond donors (Lipinski definition) is 2. The lowest BCUT2D eigenvalue weighted by atomic mass is 10.3. The average Bonchev–Trinajstić information content (AvgIpc) is 3.18. The lowest BCUT2D eigenvalue weighted by Crippen LogP contribution is -2.27. The molecule has 3 rings (SSSR count). The molecule has 1 aliphatic rings. The molecule has 144 valence electrons. The molecule has 0 aromatic heterocycles. The number of anilines is 2. The van der Waals surface area contributed by atoms with Gasteiger partial charge in [-0.3, -0.25) is 4.79 Å². The fourth-order valence-electron chi connectivity index (χ4n) is 2.79. The molecule has 0 bridgehead atoms. The van der Waals surface area contributed by atoms with E-state index in [-0.39, 0.29) is 17.1 Å². The van der Waals surface area contributed by atoms with E-state index in [9.17, 15) is 22.0 Å². The molecule has 0 unspecified atom stereocenters. The van der Waals surface area contributed by atoms with Crippen molar-refractivity contribution in [1.82, 2.24) is 4.31 Å². The molecule has 0 radical (unpaired) electrons. The zero-order valence-corrected chi connectivity index (χ0v) is 15.2. The molecule has 1 saturated heterocycles. The molecule has 2 aromatic rings. The van der Waals surface area contributed by atoms with Gasteiger partial charge in [-0.2, -0.15) is 4.31 Å². The van der Waals surface area contributed by atoms with Gasteiger partial charge in [-0.1, -0.05) is 0 Å². The molecule has 6 nitrogen and oxygen atoms in total. The monoisotopic (exact) mass is 395 g/mol. The Morgan fingerprint density at radius 1 is 1.04 bits per heavy atom. The van der Waals surface area contributed by atoms with E-state index in [0.717, 1.165) is 25.0 Å². The van der Waals surface area contributed by atoms with Gasteiger partial charge >= 0.3 is 0 Å². The standard InChI is InChI=1S/C18H19F2N3O3S/c19-13-3-8-17(16(20)11-13)22-18(24)12-21-14-4-6-15(7-5-14)27(25,26)23-9-1-2-10-23/h3-8,11,21H,1-2,9-10,12H2,(H,22,24). The normalized spacial score (nSPS) is 14.9. The number of halogens is 2. The van der Waals surface area contributed by atoms with Gasteiger partial charge in [0.15, 0.2) is 0 Å². The first kappa shape index (κ1) is 19.2. The van der Waals surface area contributed by atoms with Gasteiger partial charge in [-0.25, -0.2) is 17.2 Å². The Labute approximate surface area is 156 Å². The van der Waals surface area contributed by atoms with E-state index in [0.29, 0.717) is 24.8 Å². The fraction of sp³-hybridized carbons (Fsp3) is 0.278. The smallest absolute Gasteiger partial charge is 0.243 e. The maximum atomic E-state index is 13.5. The van der Waals surface area contributed by atoms with Gasteiger partial charge in [0.05, 0.1) is 17.1 Å². The van der Waals surface area contributed by atoms with Crippen LogP contribution >= 0.6 is 0 Å². The summed E-state index contributed by atoms with van der Waals surface area (Å²) in [4.78, 5) is 12.1. The molecule has 27 heavy (non-hydrogen) atoms. The summed E-state index contributed by atoms with van der Waals surface area (Å²) < 4.78 is 52.7. The number of hydrogen-bond acceptors (Lipinski definition) is 4. The van der Waals surface area contributed by atoms with Crippen molar-refractivity contribution in [2.75, 3.05) is 30.3 Å². The summed E-state index contributed by atoms with van der Waals surface area (Å²) in [6.07, 6.45) is 1.73. The first-order valence-corrected chi connectivity index (χ1v) is 9.89. The van der Waals surface area contributed by atoms with Crippen LogP contribution in [-0.4, -0.2) is 38.3 Å². The zero-order chi connectivity index (χ0) is 19.4. The van der Waals surface area contributed by atoms with E-state index >= 15 is 0 Å². The molecule has 2 aromatic carbocycles. The van der Waals surface area contributed by atoms with Crippen molar-refractivity contribution >= 4 is 27.3 Å². The summed E-state index contributed by atoms with van der Waals surface area (Å²) in [5.74, 6) is -2.11. The number of carbonyl (C=O) groups excluding carboxylic acids is 1. The summed E-state index contributed by atoms with van der Waals surface area (Å²) in [7, 11) is -3.48. The highest BCUT2D eigenvalue weighted by molar-refractivity contribution is 7.89. The molecule has 1 fully saturated rings. The van der Waals surface area contributed by atoms with Gasteiger partial charge in [-0.05, 0) is 49.2 Å². The van der Waals surface area contributed by atoms with Gasteiger partial charge in [0.1, 0.15) is 11.6 Å². The molecular weight excluding hydrogens is 376 g/mol. The van der Waals surface area contributed by atoms with Crippen molar-refractivity contribution in [2.45, 2.75) is 17.7 Å². The third-order valence-corrected chi connectivity index (χ3v) is 6.13. The second-order valence-electron chi connectivity index (χ2n) is 6.16. The van der Waals surface area contributed by atoms with Gasteiger partial charge < -0.3 is 10.6 Å². The predicted octanol–water partition coefficient (Wildman–Crippen LogP) is 2.80. The highest BCUT2D eigenvalue weighted by Crippen LogP contribution is 2.22. The van der Waals surface area contributed by atoms with Crippen LogP contribution < -0.4 is 10.6 Å². The molecular formula is C18H19F2N3O3S. The Balaban J connectivity index is 1.57. The third kappa shape index (κ3) is 4.61. The van der Waals surface area contributed by atoms with E-state index in [1.807, 2.05) is 0 Å². The summed E-state index contributed by atoms with van der Waals surface area (Å²) in [6, 6.07) is 8.96. The van der Waals surface area contributed by atoms with E-state index in [2.05, 4.69) is 10.6 Å². The van der Waals surface area contributed by atoms with Crippen LogP contribution in [0.4, 0.5) is 20.2 Å². The van der Waals surface area contributed by atoms with E-state index in [4.69, 9.17) is 0 Å². The Hall–Kier alpha value is -2.52. The van der Waals surface area contributed by atoms with Gasteiger partial charge in [0.25, 0.3) is 0 Å². The van der Waals surface area contributed by atoms with Crippen molar-refractivity contribution < 1.29 is 22.0 Å². The quantitative estimate of drug-likeness (QED) is 0.788. The van der Waals surface area contributed by atoms with E-state index in [1.54, 1.807) is 12.1 Å². The number of sulfonamides is 1. The maximum Gasteiger partial charge on any atom is 0.243 e. The summed E-state index contributed by atoms with van der Waals surface area (Å²) in [5.41, 5.74) is 0.431. The molecule has 0 atom stereocenters. The number of rotatable bonds is 6. The molecule has 1 heterocycles. The molecule has 9 heteroatoms.